The first-order valence-corrected chi connectivity index (χ1v) is 7.71. The van der Waals surface area contributed by atoms with Crippen LogP contribution >= 0.6 is 0 Å². The van der Waals surface area contributed by atoms with Crippen molar-refractivity contribution in [2.75, 3.05) is 26.2 Å². The maximum Gasteiger partial charge on any atom is 0.137 e. The number of hydrogen-bond donors (Lipinski definition) is 1. The van der Waals surface area contributed by atoms with Crippen molar-refractivity contribution in [2.45, 2.75) is 45.1 Å². The van der Waals surface area contributed by atoms with E-state index in [2.05, 4.69) is 16.8 Å². The van der Waals surface area contributed by atoms with Crippen LogP contribution in [0.2, 0.25) is 0 Å². The molecule has 4 heteroatoms. The molecule has 1 aromatic rings. The molecule has 1 unspecified atom stereocenters. The van der Waals surface area contributed by atoms with Gasteiger partial charge in [-0.1, -0.05) is 6.92 Å². The molecular formula is C16H26N2O2. The zero-order valence-electron chi connectivity index (χ0n) is 12.6. The van der Waals surface area contributed by atoms with Gasteiger partial charge in [0.25, 0.3) is 0 Å². The molecular weight excluding hydrogens is 252 g/mol. The number of ether oxygens (including phenoxy) is 1. The number of aromatic nitrogens is 1. The Bertz CT molecular complexity index is 425. The van der Waals surface area contributed by atoms with E-state index >= 15 is 0 Å². The average molecular weight is 278 g/mol. The lowest BCUT2D eigenvalue weighted by molar-refractivity contribution is 0.0206. The fraction of sp³-hybridized carbons (Fsp3) is 0.688. The minimum atomic E-state index is -0.761. The van der Waals surface area contributed by atoms with E-state index in [0.29, 0.717) is 6.61 Å². The van der Waals surface area contributed by atoms with E-state index in [0.717, 1.165) is 50.2 Å². The van der Waals surface area contributed by atoms with Gasteiger partial charge in [-0.25, -0.2) is 0 Å². The van der Waals surface area contributed by atoms with Gasteiger partial charge in [-0.3, -0.25) is 4.98 Å². The van der Waals surface area contributed by atoms with E-state index < -0.39 is 5.60 Å². The maximum atomic E-state index is 11.0. The molecule has 20 heavy (non-hydrogen) atoms. The van der Waals surface area contributed by atoms with Crippen LogP contribution in [0.5, 0.6) is 5.75 Å². The summed E-state index contributed by atoms with van der Waals surface area (Å²) in [5.41, 5.74) is 0.129. The molecule has 0 aromatic carbocycles. The molecule has 1 fully saturated rings. The van der Waals surface area contributed by atoms with Crippen LogP contribution in [0, 0.1) is 0 Å². The van der Waals surface area contributed by atoms with E-state index in [1.54, 1.807) is 12.4 Å². The lowest BCUT2D eigenvalue weighted by atomic mass is 9.88. The number of hydrogen-bond acceptors (Lipinski definition) is 4. The fourth-order valence-electron chi connectivity index (χ4n) is 2.92. The molecule has 1 N–H and O–H groups in total. The standard InChI is InChI=1S/C16H26N2O2/c1-3-8-18-9-5-6-16(19,7-10-18)14-11-15(20-4-2)13-17-12-14/h11-13,19H,3-10H2,1-2H3. The quantitative estimate of drug-likeness (QED) is 0.899. The minimum absolute atomic E-state index is 0.619. The summed E-state index contributed by atoms with van der Waals surface area (Å²) < 4.78 is 5.49. The molecule has 0 radical (unpaired) electrons. The van der Waals surface area contributed by atoms with Crippen molar-refractivity contribution in [3.8, 4) is 5.75 Å². The molecule has 2 heterocycles. The monoisotopic (exact) mass is 278 g/mol. The molecule has 1 atom stereocenters. The topological polar surface area (TPSA) is 45.6 Å². The molecule has 1 aliphatic rings. The summed E-state index contributed by atoms with van der Waals surface area (Å²) in [5.74, 6) is 0.744. The normalized spacial score (nSPS) is 24.4. The van der Waals surface area contributed by atoms with Gasteiger partial charge in [0.15, 0.2) is 0 Å². The Labute approximate surface area is 121 Å². The second-order valence-corrected chi connectivity index (χ2v) is 5.57. The van der Waals surface area contributed by atoms with E-state index in [1.807, 2.05) is 13.0 Å². The van der Waals surface area contributed by atoms with Crippen LogP contribution in [0.25, 0.3) is 0 Å². The van der Waals surface area contributed by atoms with E-state index in [9.17, 15) is 5.11 Å². The highest BCUT2D eigenvalue weighted by atomic mass is 16.5. The number of pyridine rings is 1. The van der Waals surface area contributed by atoms with Gasteiger partial charge in [-0.05, 0) is 51.8 Å². The van der Waals surface area contributed by atoms with Gasteiger partial charge < -0.3 is 14.7 Å². The third kappa shape index (κ3) is 3.70. The first kappa shape index (κ1) is 15.3. The summed E-state index contributed by atoms with van der Waals surface area (Å²) in [7, 11) is 0. The number of rotatable bonds is 5. The second-order valence-electron chi connectivity index (χ2n) is 5.57. The highest BCUT2D eigenvalue weighted by Crippen LogP contribution is 2.33. The first-order valence-electron chi connectivity index (χ1n) is 7.71. The molecule has 0 spiro atoms. The van der Waals surface area contributed by atoms with Crippen LogP contribution < -0.4 is 4.74 Å². The molecule has 1 aromatic heterocycles. The van der Waals surface area contributed by atoms with Crippen LogP contribution in [0.4, 0.5) is 0 Å². The van der Waals surface area contributed by atoms with E-state index in [4.69, 9.17) is 4.74 Å². The smallest absolute Gasteiger partial charge is 0.137 e. The molecule has 0 amide bonds. The molecule has 1 aliphatic heterocycles. The van der Waals surface area contributed by atoms with E-state index in [-0.39, 0.29) is 0 Å². The number of aliphatic hydroxyl groups is 1. The highest BCUT2D eigenvalue weighted by Gasteiger charge is 2.32. The predicted molar refractivity (Wildman–Crippen MR) is 79.9 cm³/mol. The van der Waals surface area contributed by atoms with Crippen molar-refractivity contribution in [2.24, 2.45) is 0 Å². The summed E-state index contributed by atoms with van der Waals surface area (Å²) in [6.07, 6.45) is 7.23. The summed E-state index contributed by atoms with van der Waals surface area (Å²) in [4.78, 5) is 6.65. The largest absolute Gasteiger partial charge is 0.492 e. The predicted octanol–water partition coefficient (Wildman–Crippen LogP) is 2.56. The van der Waals surface area contributed by atoms with Gasteiger partial charge in [0.05, 0.1) is 18.4 Å². The number of likely N-dealkylation sites (tertiary alicyclic amines) is 1. The summed E-state index contributed by atoms with van der Waals surface area (Å²) in [5, 5.41) is 11.0. The Morgan fingerprint density at radius 3 is 2.90 bits per heavy atom. The molecule has 0 saturated carbocycles. The Morgan fingerprint density at radius 2 is 2.15 bits per heavy atom. The molecule has 1 saturated heterocycles. The molecule has 4 nitrogen and oxygen atoms in total. The maximum absolute atomic E-state index is 11.0. The summed E-state index contributed by atoms with van der Waals surface area (Å²) in [6.45, 7) is 7.92. The van der Waals surface area contributed by atoms with Gasteiger partial charge in [0.1, 0.15) is 5.75 Å². The first-order chi connectivity index (χ1) is 9.68. The fourth-order valence-corrected chi connectivity index (χ4v) is 2.92. The third-order valence-corrected chi connectivity index (χ3v) is 4.01. The molecule has 0 bridgehead atoms. The van der Waals surface area contributed by atoms with Crippen LogP contribution in [0.3, 0.4) is 0 Å². The van der Waals surface area contributed by atoms with Crippen LogP contribution in [0.1, 0.15) is 45.1 Å². The molecule has 0 aliphatic carbocycles. The van der Waals surface area contributed by atoms with Crippen molar-refractivity contribution in [1.29, 1.82) is 0 Å². The van der Waals surface area contributed by atoms with Crippen molar-refractivity contribution in [3.63, 3.8) is 0 Å². The Morgan fingerprint density at radius 1 is 1.30 bits per heavy atom. The highest BCUT2D eigenvalue weighted by molar-refractivity contribution is 5.28. The van der Waals surface area contributed by atoms with Gasteiger partial charge in [0, 0.05) is 18.3 Å². The minimum Gasteiger partial charge on any atom is -0.492 e. The van der Waals surface area contributed by atoms with Crippen molar-refractivity contribution in [1.82, 2.24) is 9.88 Å². The number of nitrogens with zero attached hydrogens (tertiary/aromatic N) is 2. The van der Waals surface area contributed by atoms with Crippen molar-refractivity contribution >= 4 is 0 Å². The van der Waals surface area contributed by atoms with Crippen LogP contribution in [0.15, 0.2) is 18.5 Å². The summed E-state index contributed by atoms with van der Waals surface area (Å²) >= 11 is 0. The second kappa shape index (κ2) is 7.04. The molecule has 2 rings (SSSR count). The lowest BCUT2D eigenvalue weighted by Crippen LogP contribution is -2.29. The Balaban J connectivity index is 2.11. The third-order valence-electron chi connectivity index (χ3n) is 4.01. The molecule has 112 valence electrons. The van der Waals surface area contributed by atoms with Gasteiger partial charge in [-0.15, -0.1) is 0 Å². The van der Waals surface area contributed by atoms with Gasteiger partial charge >= 0.3 is 0 Å². The van der Waals surface area contributed by atoms with Crippen LogP contribution in [-0.4, -0.2) is 41.2 Å². The average Bonchev–Trinajstić information content (AvgIpc) is 2.64. The van der Waals surface area contributed by atoms with Gasteiger partial charge in [0.2, 0.25) is 0 Å². The van der Waals surface area contributed by atoms with Crippen molar-refractivity contribution < 1.29 is 9.84 Å². The van der Waals surface area contributed by atoms with Crippen molar-refractivity contribution in [3.05, 3.63) is 24.0 Å². The van der Waals surface area contributed by atoms with Crippen LogP contribution in [-0.2, 0) is 5.60 Å². The SMILES string of the molecule is CCCN1CCCC(O)(c2cncc(OCC)c2)CC1. The zero-order valence-corrected chi connectivity index (χ0v) is 12.6. The van der Waals surface area contributed by atoms with Gasteiger partial charge in [-0.2, -0.15) is 0 Å². The Kier molecular flexibility index (Phi) is 5.38. The Hall–Kier alpha value is -1.13. The lowest BCUT2D eigenvalue weighted by Gasteiger charge is -2.27. The summed E-state index contributed by atoms with van der Waals surface area (Å²) in [6, 6.07) is 1.94. The van der Waals surface area contributed by atoms with E-state index in [1.165, 1.54) is 6.42 Å². The zero-order chi connectivity index (χ0) is 14.4.